The van der Waals surface area contributed by atoms with Crippen molar-refractivity contribution in [2.75, 3.05) is 7.11 Å². The minimum atomic E-state index is -0.560. The van der Waals surface area contributed by atoms with E-state index in [4.69, 9.17) is 27.9 Å². The molecule has 2 aromatic heterocycles. The summed E-state index contributed by atoms with van der Waals surface area (Å²) in [7, 11) is 3.42. The van der Waals surface area contributed by atoms with Crippen molar-refractivity contribution < 1.29 is 9.53 Å². The van der Waals surface area contributed by atoms with Crippen LogP contribution in [0.1, 0.15) is 27.9 Å². The number of hydrogen-bond acceptors (Lipinski definition) is 4. The zero-order valence-electron chi connectivity index (χ0n) is 14.1. The van der Waals surface area contributed by atoms with Crippen LogP contribution < -0.4 is 10.1 Å². The van der Waals surface area contributed by atoms with E-state index in [0.29, 0.717) is 11.6 Å². The molecule has 2 heterocycles. The van der Waals surface area contributed by atoms with Gasteiger partial charge >= 0.3 is 0 Å². The molecule has 0 aliphatic rings. The van der Waals surface area contributed by atoms with E-state index in [1.807, 2.05) is 35.9 Å². The largest absolute Gasteiger partial charge is 0.496 e. The van der Waals surface area contributed by atoms with Gasteiger partial charge in [-0.3, -0.25) is 4.79 Å². The number of halogens is 2. The van der Waals surface area contributed by atoms with Crippen molar-refractivity contribution in [1.82, 2.24) is 19.9 Å². The van der Waals surface area contributed by atoms with Crippen LogP contribution in [0.4, 0.5) is 0 Å². The first-order chi connectivity index (χ1) is 12.5. The first kappa shape index (κ1) is 18.2. The molecule has 0 saturated carbocycles. The summed E-state index contributed by atoms with van der Waals surface area (Å²) in [6, 6.07) is 9.91. The predicted octanol–water partition coefficient (Wildman–Crippen LogP) is 3.65. The van der Waals surface area contributed by atoms with Gasteiger partial charge in [0.15, 0.2) is 0 Å². The van der Waals surface area contributed by atoms with Crippen LogP contribution in [0.3, 0.4) is 0 Å². The monoisotopic (exact) mass is 390 g/mol. The average molecular weight is 391 g/mol. The lowest BCUT2D eigenvalue weighted by atomic mass is 10.0. The van der Waals surface area contributed by atoms with Gasteiger partial charge in [0.1, 0.15) is 28.5 Å². The molecule has 0 bridgehead atoms. The molecule has 0 radical (unpaired) electrons. The number of nitrogens with one attached hydrogen (secondary N) is 1. The maximum atomic E-state index is 12.8. The summed E-state index contributed by atoms with van der Waals surface area (Å²) in [6.07, 6.45) is 3.46. The molecule has 3 aromatic rings. The summed E-state index contributed by atoms with van der Waals surface area (Å²) >= 11 is 12.0. The molecule has 1 unspecified atom stereocenters. The van der Waals surface area contributed by atoms with Crippen LogP contribution >= 0.6 is 23.2 Å². The van der Waals surface area contributed by atoms with Crippen LogP contribution in [-0.2, 0) is 7.05 Å². The lowest BCUT2D eigenvalue weighted by Crippen LogP contribution is -2.32. The molecule has 0 aliphatic carbocycles. The van der Waals surface area contributed by atoms with Gasteiger partial charge in [0.25, 0.3) is 5.91 Å². The maximum Gasteiger partial charge on any atom is 0.272 e. The van der Waals surface area contributed by atoms with E-state index in [-0.39, 0.29) is 15.9 Å². The number of methoxy groups -OCH3 is 1. The van der Waals surface area contributed by atoms with E-state index >= 15 is 0 Å². The number of pyridine rings is 1. The summed E-state index contributed by atoms with van der Waals surface area (Å²) in [5.74, 6) is 0.809. The SMILES string of the molecule is COc1ccccc1C(NC(=O)c1nc(Cl)ccc1Cl)c1nccn1C. The van der Waals surface area contributed by atoms with E-state index in [2.05, 4.69) is 15.3 Å². The van der Waals surface area contributed by atoms with Gasteiger partial charge in [-0.1, -0.05) is 41.4 Å². The van der Waals surface area contributed by atoms with Gasteiger partial charge in [-0.15, -0.1) is 0 Å². The quantitative estimate of drug-likeness (QED) is 0.675. The summed E-state index contributed by atoms with van der Waals surface area (Å²) in [5.41, 5.74) is 0.809. The molecule has 8 heteroatoms. The number of aromatic nitrogens is 3. The molecule has 1 aromatic carbocycles. The van der Waals surface area contributed by atoms with Crippen molar-refractivity contribution >= 4 is 29.1 Å². The van der Waals surface area contributed by atoms with Crippen LogP contribution in [0.25, 0.3) is 0 Å². The third-order valence-electron chi connectivity index (χ3n) is 3.87. The Labute approximate surface area is 160 Å². The number of hydrogen-bond donors (Lipinski definition) is 1. The second-order valence-corrected chi connectivity index (χ2v) is 6.30. The Bertz CT molecular complexity index is 942. The fourth-order valence-corrected chi connectivity index (χ4v) is 2.96. The van der Waals surface area contributed by atoms with Crippen LogP contribution in [0.2, 0.25) is 10.2 Å². The normalized spacial score (nSPS) is 11.8. The molecule has 0 saturated heterocycles. The first-order valence-electron chi connectivity index (χ1n) is 7.74. The van der Waals surface area contributed by atoms with Gasteiger partial charge in [-0.2, -0.15) is 0 Å². The minimum Gasteiger partial charge on any atom is -0.496 e. The number of imidazole rings is 1. The Hall–Kier alpha value is -2.57. The number of nitrogens with zero attached hydrogens (tertiary/aromatic N) is 3. The molecule has 3 rings (SSSR count). The van der Waals surface area contributed by atoms with Gasteiger partial charge < -0.3 is 14.6 Å². The number of rotatable bonds is 5. The highest BCUT2D eigenvalue weighted by Gasteiger charge is 2.25. The van der Waals surface area contributed by atoms with E-state index < -0.39 is 11.9 Å². The number of para-hydroxylation sites is 1. The van der Waals surface area contributed by atoms with Gasteiger partial charge in [-0.25, -0.2) is 9.97 Å². The second kappa shape index (κ2) is 7.76. The fourth-order valence-electron chi connectivity index (χ4n) is 2.62. The van der Waals surface area contributed by atoms with E-state index in [1.165, 1.54) is 12.1 Å². The Kier molecular flexibility index (Phi) is 5.44. The summed E-state index contributed by atoms with van der Waals surface area (Å²) in [5, 5.41) is 3.33. The minimum absolute atomic E-state index is 0.0493. The van der Waals surface area contributed by atoms with Crippen molar-refractivity contribution in [2.45, 2.75) is 6.04 Å². The molecule has 1 amide bonds. The van der Waals surface area contributed by atoms with Crippen LogP contribution in [0.5, 0.6) is 5.75 Å². The number of carbonyl (C=O) groups is 1. The topological polar surface area (TPSA) is 69.0 Å². The Morgan fingerprint density at radius 1 is 1.23 bits per heavy atom. The van der Waals surface area contributed by atoms with Crippen molar-refractivity contribution in [2.24, 2.45) is 7.05 Å². The lowest BCUT2D eigenvalue weighted by molar-refractivity contribution is 0.0936. The Morgan fingerprint density at radius 2 is 2.00 bits per heavy atom. The molecule has 0 fully saturated rings. The summed E-state index contributed by atoms with van der Waals surface area (Å²) < 4.78 is 7.27. The third-order valence-corrected chi connectivity index (χ3v) is 4.38. The summed E-state index contributed by atoms with van der Waals surface area (Å²) in [4.78, 5) is 21.2. The zero-order valence-corrected chi connectivity index (χ0v) is 15.6. The maximum absolute atomic E-state index is 12.8. The Balaban J connectivity index is 2.03. The molecule has 1 N–H and O–H groups in total. The molecular formula is C18H16Cl2N4O2. The second-order valence-electron chi connectivity index (χ2n) is 5.51. The van der Waals surface area contributed by atoms with E-state index in [9.17, 15) is 4.79 Å². The van der Waals surface area contributed by atoms with Crippen LogP contribution in [0, 0.1) is 0 Å². The number of aryl methyl sites for hydroxylation is 1. The van der Waals surface area contributed by atoms with Gasteiger partial charge in [0, 0.05) is 25.0 Å². The predicted molar refractivity (Wildman–Crippen MR) is 99.8 cm³/mol. The van der Waals surface area contributed by atoms with Gasteiger partial charge in [-0.05, 0) is 18.2 Å². The highest BCUT2D eigenvalue weighted by atomic mass is 35.5. The molecule has 134 valence electrons. The average Bonchev–Trinajstić information content (AvgIpc) is 3.07. The van der Waals surface area contributed by atoms with Crippen molar-refractivity contribution in [3.05, 3.63) is 76.0 Å². The number of carbonyl (C=O) groups excluding carboxylic acids is 1. The number of amides is 1. The number of ether oxygens (including phenoxy) is 1. The number of benzene rings is 1. The Morgan fingerprint density at radius 3 is 2.69 bits per heavy atom. The van der Waals surface area contributed by atoms with E-state index in [0.717, 1.165) is 5.56 Å². The van der Waals surface area contributed by atoms with Gasteiger partial charge in [0.05, 0.1) is 12.1 Å². The zero-order chi connectivity index (χ0) is 18.7. The molecule has 26 heavy (non-hydrogen) atoms. The smallest absolute Gasteiger partial charge is 0.272 e. The van der Waals surface area contributed by atoms with Crippen LogP contribution in [0.15, 0.2) is 48.8 Å². The summed E-state index contributed by atoms with van der Waals surface area (Å²) in [6.45, 7) is 0. The molecule has 1 atom stereocenters. The molecule has 0 spiro atoms. The molecule has 6 nitrogen and oxygen atoms in total. The van der Waals surface area contributed by atoms with Crippen molar-refractivity contribution in [3.8, 4) is 5.75 Å². The first-order valence-corrected chi connectivity index (χ1v) is 8.50. The lowest BCUT2D eigenvalue weighted by Gasteiger charge is -2.21. The highest BCUT2D eigenvalue weighted by molar-refractivity contribution is 6.34. The highest BCUT2D eigenvalue weighted by Crippen LogP contribution is 2.29. The molecule has 0 aliphatic heterocycles. The van der Waals surface area contributed by atoms with Crippen LogP contribution in [-0.4, -0.2) is 27.6 Å². The van der Waals surface area contributed by atoms with Gasteiger partial charge in [0.2, 0.25) is 0 Å². The fraction of sp³-hybridized carbons (Fsp3) is 0.167. The van der Waals surface area contributed by atoms with E-state index in [1.54, 1.807) is 19.5 Å². The standard InChI is InChI=1S/C18H16Cl2N4O2/c1-24-10-9-21-17(24)15(11-5-3-4-6-13(11)26-2)23-18(25)16-12(19)7-8-14(20)22-16/h3-10,15H,1-2H3,(H,23,25). The third kappa shape index (κ3) is 3.66. The van der Waals surface area contributed by atoms with Crippen molar-refractivity contribution in [3.63, 3.8) is 0 Å². The molecular weight excluding hydrogens is 375 g/mol. The van der Waals surface area contributed by atoms with Crippen molar-refractivity contribution in [1.29, 1.82) is 0 Å².